The molecule has 210 valence electrons. The van der Waals surface area contributed by atoms with Crippen LogP contribution in [0.15, 0.2) is 73.3 Å². The zero-order valence-corrected chi connectivity index (χ0v) is 23.6. The highest BCUT2D eigenvalue weighted by Crippen LogP contribution is 2.32. The maximum atomic E-state index is 13.9. The van der Waals surface area contributed by atoms with Crippen LogP contribution in [0.4, 0.5) is 5.69 Å². The first kappa shape index (κ1) is 28.0. The third-order valence-corrected chi connectivity index (χ3v) is 8.45. The smallest absolute Gasteiger partial charge is 0.226 e. The van der Waals surface area contributed by atoms with E-state index in [9.17, 15) is 9.59 Å². The van der Waals surface area contributed by atoms with E-state index in [1.54, 1.807) is 0 Å². The molecule has 2 bridgehead atoms. The number of nitrogens with zero attached hydrogens (tertiary/aromatic N) is 5. The monoisotopic (exact) mass is 539 g/mol. The Hall–Kier alpha value is -3.58. The summed E-state index contributed by atoms with van der Waals surface area (Å²) in [7, 11) is 0. The van der Waals surface area contributed by atoms with E-state index < -0.39 is 0 Å². The quantitative estimate of drug-likeness (QED) is 0.402. The summed E-state index contributed by atoms with van der Waals surface area (Å²) in [5, 5.41) is 0. The number of benzene rings is 1. The van der Waals surface area contributed by atoms with Crippen molar-refractivity contribution in [2.75, 3.05) is 18.0 Å². The number of carbonyl (C=O) groups is 2. The molecule has 2 aliphatic rings. The molecular weight excluding hydrogens is 498 g/mol. The van der Waals surface area contributed by atoms with Crippen molar-refractivity contribution in [3.05, 3.63) is 90.0 Å². The summed E-state index contributed by atoms with van der Waals surface area (Å²) in [6, 6.07) is 17.0. The first-order chi connectivity index (χ1) is 19.6. The third kappa shape index (κ3) is 6.94. The van der Waals surface area contributed by atoms with Crippen LogP contribution in [-0.2, 0) is 29.1 Å². The Morgan fingerprint density at radius 1 is 0.850 bits per heavy atom. The average Bonchev–Trinajstić information content (AvgIpc) is 3.00. The normalized spacial score (nSPS) is 19.9. The highest BCUT2D eigenvalue weighted by Gasteiger charge is 2.34. The molecule has 5 rings (SSSR count). The van der Waals surface area contributed by atoms with Crippen LogP contribution in [0.1, 0.15) is 68.6 Å². The Morgan fingerprint density at radius 2 is 1.55 bits per heavy atom. The van der Waals surface area contributed by atoms with Gasteiger partial charge in [-0.2, -0.15) is 0 Å². The van der Waals surface area contributed by atoms with Gasteiger partial charge in [0, 0.05) is 81.6 Å². The van der Waals surface area contributed by atoms with Crippen LogP contribution in [0.3, 0.4) is 0 Å². The largest absolute Gasteiger partial charge is 0.337 e. The molecule has 1 saturated heterocycles. The van der Waals surface area contributed by atoms with E-state index in [0.29, 0.717) is 38.5 Å². The van der Waals surface area contributed by atoms with Crippen molar-refractivity contribution in [3.8, 4) is 0 Å². The van der Waals surface area contributed by atoms with Crippen LogP contribution in [0.2, 0.25) is 0 Å². The topological polar surface area (TPSA) is 69.6 Å². The van der Waals surface area contributed by atoms with Crippen molar-refractivity contribution in [2.45, 2.75) is 83.5 Å². The summed E-state index contributed by atoms with van der Waals surface area (Å²) in [6.45, 7) is 4.67. The highest BCUT2D eigenvalue weighted by molar-refractivity contribution is 5.94. The molecule has 0 spiro atoms. The van der Waals surface area contributed by atoms with Crippen LogP contribution in [0.5, 0.6) is 0 Å². The number of para-hydroxylation sites is 1. The van der Waals surface area contributed by atoms with Gasteiger partial charge in [-0.25, -0.2) is 0 Å². The molecule has 0 N–H and O–H groups in total. The van der Waals surface area contributed by atoms with E-state index in [0.717, 1.165) is 56.3 Å². The number of rotatable bonds is 7. The van der Waals surface area contributed by atoms with E-state index in [2.05, 4.69) is 38.0 Å². The molecule has 2 aromatic heterocycles. The number of carbonyl (C=O) groups excluding carboxylic acids is 2. The lowest BCUT2D eigenvalue weighted by molar-refractivity contribution is -0.133. The summed E-state index contributed by atoms with van der Waals surface area (Å²) in [5.41, 5.74) is 4.43. The van der Waals surface area contributed by atoms with Gasteiger partial charge < -0.3 is 9.80 Å². The van der Waals surface area contributed by atoms with Gasteiger partial charge in [-0.3, -0.25) is 24.5 Å². The van der Waals surface area contributed by atoms with Crippen molar-refractivity contribution in [2.24, 2.45) is 0 Å². The van der Waals surface area contributed by atoms with Crippen molar-refractivity contribution < 1.29 is 9.59 Å². The minimum absolute atomic E-state index is 0.134. The van der Waals surface area contributed by atoms with Gasteiger partial charge in [0.25, 0.3) is 0 Å². The second kappa shape index (κ2) is 13.7. The van der Waals surface area contributed by atoms with Gasteiger partial charge in [0.1, 0.15) is 0 Å². The fourth-order valence-electron chi connectivity index (χ4n) is 6.30. The predicted octanol–water partition coefficient (Wildman–Crippen LogP) is 5.40. The molecular formula is C33H41N5O2. The fraction of sp³-hybridized carbons (Fsp3) is 0.455. The van der Waals surface area contributed by atoms with Crippen molar-refractivity contribution in [1.82, 2.24) is 19.8 Å². The van der Waals surface area contributed by atoms with Gasteiger partial charge >= 0.3 is 0 Å². The van der Waals surface area contributed by atoms with Crippen molar-refractivity contribution >= 4 is 17.5 Å². The van der Waals surface area contributed by atoms with Crippen LogP contribution in [0, 0.1) is 0 Å². The fourth-order valence-corrected chi connectivity index (χ4v) is 6.30. The Kier molecular flexibility index (Phi) is 9.55. The molecule has 7 heteroatoms. The van der Waals surface area contributed by atoms with E-state index in [4.69, 9.17) is 0 Å². The second-order valence-corrected chi connectivity index (χ2v) is 11.1. The van der Waals surface area contributed by atoms with E-state index in [1.807, 2.05) is 66.9 Å². The lowest BCUT2D eigenvalue weighted by Crippen LogP contribution is -2.52. The van der Waals surface area contributed by atoms with Crippen LogP contribution in [-0.4, -0.2) is 56.8 Å². The predicted molar refractivity (Wildman–Crippen MR) is 158 cm³/mol. The van der Waals surface area contributed by atoms with Gasteiger partial charge in [-0.15, -0.1) is 0 Å². The number of fused-ring (bicyclic) bond motifs is 3. The number of aromatic nitrogens is 2. The number of anilines is 1. The molecule has 0 aliphatic carbocycles. The van der Waals surface area contributed by atoms with Crippen LogP contribution < -0.4 is 4.90 Å². The molecule has 2 atom stereocenters. The Bertz CT molecular complexity index is 1250. The molecule has 0 saturated carbocycles. The summed E-state index contributed by atoms with van der Waals surface area (Å²) in [5.74, 6) is 0.317. The third-order valence-electron chi connectivity index (χ3n) is 8.45. The van der Waals surface area contributed by atoms with E-state index in [1.165, 1.54) is 11.1 Å². The van der Waals surface area contributed by atoms with Crippen LogP contribution in [0.25, 0.3) is 0 Å². The number of pyridine rings is 2. The first-order valence-corrected chi connectivity index (χ1v) is 14.8. The van der Waals surface area contributed by atoms with Gasteiger partial charge in [0.05, 0.1) is 0 Å². The van der Waals surface area contributed by atoms with E-state index in [-0.39, 0.29) is 17.9 Å². The van der Waals surface area contributed by atoms with Gasteiger partial charge in [-0.1, -0.05) is 31.5 Å². The maximum Gasteiger partial charge on any atom is 0.226 e. The number of piperidine rings is 1. The van der Waals surface area contributed by atoms with Crippen LogP contribution >= 0.6 is 0 Å². The maximum absolute atomic E-state index is 13.9. The van der Waals surface area contributed by atoms with Gasteiger partial charge in [-0.05, 0) is 79.1 Å². The number of aryl methyl sites for hydroxylation is 1. The lowest BCUT2D eigenvalue weighted by atomic mass is 9.92. The zero-order valence-electron chi connectivity index (χ0n) is 23.6. The summed E-state index contributed by atoms with van der Waals surface area (Å²) < 4.78 is 0. The van der Waals surface area contributed by atoms with Crippen molar-refractivity contribution in [3.63, 3.8) is 0 Å². The molecule has 2 aliphatic heterocycles. The Morgan fingerprint density at radius 3 is 2.30 bits per heavy atom. The Balaban J connectivity index is 1.44. The van der Waals surface area contributed by atoms with Gasteiger partial charge in [0.15, 0.2) is 0 Å². The molecule has 4 heterocycles. The second-order valence-electron chi connectivity index (χ2n) is 11.1. The minimum atomic E-state index is 0.134. The molecule has 40 heavy (non-hydrogen) atoms. The first-order valence-electron chi connectivity index (χ1n) is 14.8. The lowest BCUT2D eigenvalue weighted by Gasteiger charge is -2.44. The summed E-state index contributed by atoms with van der Waals surface area (Å²) in [6.07, 6.45) is 14.2. The highest BCUT2D eigenvalue weighted by atomic mass is 16.2. The Labute approximate surface area is 238 Å². The molecule has 0 radical (unpaired) electrons. The van der Waals surface area contributed by atoms with E-state index >= 15 is 0 Å². The zero-order chi connectivity index (χ0) is 27.7. The molecule has 7 nitrogen and oxygen atoms in total. The summed E-state index contributed by atoms with van der Waals surface area (Å²) in [4.78, 5) is 42.1. The standard InChI is InChI=1S/C33H41N5O2/c1-2-32(39)37-22-17-29-9-6-10-30(38(29)23-27-15-20-35-21-16-27)25-36(24-28-8-3-4-11-31(28)37)33(40)12-5-7-26-13-18-34-19-14-26/h3-4,8,11,13-16,18-21,29-30H,2,5-7,9-10,12,17,22-25H2,1H3. The molecule has 2 unspecified atom stereocenters. The van der Waals surface area contributed by atoms with Crippen molar-refractivity contribution in [1.29, 1.82) is 0 Å². The molecule has 3 aromatic rings. The number of hydrogen-bond donors (Lipinski definition) is 0. The SMILES string of the molecule is CCC(=O)N1CCC2CCCC(CN(C(=O)CCCc3ccncc3)Cc3ccccc31)N2Cc1ccncc1. The number of amides is 2. The molecule has 1 fully saturated rings. The summed E-state index contributed by atoms with van der Waals surface area (Å²) >= 11 is 0. The minimum Gasteiger partial charge on any atom is -0.337 e. The average molecular weight is 540 g/mol. The molecule has 2 amide bonds. The number of hydrogen-bond acceptors (Lipinski definition) is 5. The van der Waals surface area contributed by atoms with Gasteiger partial charge in [0.2, 0.25) is 11.8 Å². The molecule has 1 aromatic carbocycles.